The highest BCUT2D eigenvalue weighted by atomic mass is 16.2. The maximum Gasteiger partial charge on any atom is 0.259 e. The Hall–Kier alpha value is -3.49. The minimum absolute atomic E-state index is 0.0313. The van der Waals surface area contributed by atoms with Gasteiger partial charge in [0.15, 0.2) is 11.3 Å². The van der Waals surface area contributed by atoms with Gasteiger partial charge >= 0.3 is 0 Å². The van der Waals surface area contributed by atoms with Crippen molar-refractivity contribution in [2.75, 3.05) is 24.5 Å². The van der Waals surface area contributed by atoms with E-state index in [1.807, 2.05) is 29.3 Å². The molecule has 4 aromatic heterocycles. The van der Waals surface area contributed by atoms with Crippen LogP contribution in [0.2, 0.25) is 0 Å². The van der Waals surface area contributed by atoms with Crippen molar-refractivity contribution in [2.45, 2.75) is 58.9 Å². The molecule has 2 aliphatic heterocycles. The minimum Gasteiger partial charge on any atom is -0.356 e. The molecule has 0 aliphatic carbocycles. The molecule has 1 atom stereocenters. The second-order valence-electron chi connectivity index (χ2n) is 9.66. The Kier molecular flexibility index (Phi) is 5.00. The van der Waals surface area contributed by atoms with Gasteiger partial charge in [-0.2, -0.15) is 10.2 Å². The topological polar surface area (TPSA) is 83.9 Å². The van der Waals surface area contributed by atoms with Crippen LogP contribution in [0.5, 0.6) is 0 Å². The van der Waals surface area contributed by atoms with E-state index in [2.05, 4.69) is 34.2 Å². The molecule has 0 saturated carbocycles. The van der Waals surface area contributed by atoms with Crippen molar-refractivity contribution in [1.82, 2.24) is 34.1 Å². The van der Waals surface area contributed by atoms with Gasteiger partial charge in [0.05, 0.1) is 17.9 Å². The quantitative estimate of drug-likeness (QED) is 0.466. The third-order valence-electron chi connectivity index (χ3n) is 7.14. The van der Waals surface area contributed by atoms with Crippen LogP contribution in [-0.2, 0) is 0 Å². The normalized spacial score (nSPS) is 19.0. The number of nitrogens with zero attached hydrogens (tertiary/aromatic N) is 8. The minimum atomic E-state index is -0.0839. The molecule has 2 saturated heterocycles. The second-order valence-corrected chi connectivity index (χ2v) is 9.66. The summed E-state index contributed by atoms with van der Waals surface area (Å²) in [6.45, 7) is 8.84. The van der Waals surface area contributed by atoms with E-state index in [0.29, 0.717) is 17.8 Å². The molecule has 176 valence electrons. The number of anilines is 1. The van der Waals surface area contributed by atoms with Crippen LogP contribution in [0.3, 0.4) is 0 Å². The van der Waals surface area contributed by atoms with Gasteiger partial charge in [-0.3, -0.25) is 4.79 Å². The fourth-order valence-corrected chi connectivity index (χ4v) is 5.49. The van der Waals surface area contributed by atoms with Gasteiger partial charge in [0.1, 0.15) is 11.4 Å². The number of likely N-dealkylation sites (tertiary alicyclic amines) is 1. The van der Waals surface area contributed by atoms with Crippen molar-refractivity contribution in [3.63, 3.8) is 0 Å². The van der Waals surface area contributed by atoms with Crippen LogP contribution in [0.1, 0.15) is 71.1 Å². The third kappa shape index (κ3) is 3.41. The van der Waals surface area contributed by atoms with E-state index < -0.39 is 0 Å². The van der Waals surface area contributed by atoms with E-state index in [4.69, 9.17) is 10.1 Å². The Morgan fingerprint density at radius 3 is 2.62 bits per heavy atom. The lowest BCUT2D eigenvalue weighted by Crippen LogP contribution is -2.38. The van der Waals surface area contributed by atoms with E-state index in [1.54, 1.807) is 10.7 Å². The van der Waals surface area contributed by atoms with Gasteiger partial charge in [-0.25, -0.2) is 19.0 Å². The first-order valence-corrected chi connectivity index (χ1v) is 12.2. The summed E-state index contributed by atoms with van der Waals surface area (Å²) in [5.74, 6) is 1.02. The lowest BCUT2D eigenvalue weighted by atomic mass is 9.98. The van der Waals surface area contributed by atoms with Gasteiger partial charge in [-0.05, 0) is 58.9 Å². The van der Waals surface area contributed by atoms with Crippen LogP contribution in [0.25, 0.3) is 11.3 Å². The van der Waals surface area contributed by atoms with Gasteiger partial charge in [0.2, 0.25) is 0 Å². The number of amides is 1. The number of fused-ring (bicyclic) bond motifs is 2. The van der Waals surface area contributed by atoms with Crippen LogP contribution < -0.4 is 4.90 Å². The summed E-state index contributed by atoms with van der Waals surface area (Å²) in [4.78, 5) is 27.6. The zero-order chi connectivity index (χ0) is 23.4. The standard InChI is InChI=1S/C25H30N8O/c1-16-15-32-22(28-23(16)30-9-6-7-10-30)13-20(29-32)21-8-4-5-11-31(21)25(34)19-14-26-33-18(3)12-17(2)27-24(19)33/h12-15,21H,4-11H2,1-3H3. The summed E-state index contributed by atoms with van der Waals surface area (Å²) >= 11 is 0. The molecule has 6 heterocycles. The number of carbonyl (C=O) groups is 1. The Balaban J connectivity index is 1.36. The van der Waals surface area contributed by atoms with Crippen molar-refractivity contribution < 1.29 is 4.79 Å². The van der Waals surface area contributed by atoms with E-state index in [-0.39, 0.29) is 11.9 Å². The predicted molar refractivity (Wildman–Crippen MR) is 129 cm³/mol. The first-order valence-electron chi connectivity index (χ1n) is 12.2. The van der Waals surface area contributed by atoms with Crippen molar-refractivity contribution in [1.29, 1.82) is 0 Å². The molecule has 0 bridgehead atoms. The van der Waals surface area contributed by atoms with Crippen molar-refractivity contribution in [3.8, 4) is 0 Å². The maximum absolute atomic E-state index is 13.8. The molecule has 0 aromatic carbocycles. The zero-order valence-corrected chi connectivity index (χ0v) is 20.0. The molecule has 2 aliphatic rings. The molecule has 6 rings (SSSR count). The van der Waals surface area contributed by atoms with Crippen LogP contribution in [-0.4, -0.2) is 59.6 Å². The van der Waals surface area contributed by atoms with Gasteiger partial charge < -0.3 is 9.80 Å². The van der Waals surface area contributed by atoms with Crippen LogP contribution >= 0.6 is 0 Å². The summed E-state index contributed by atoms with van der Waals surface area (Å²) in [6, 6.07) is 3.94. The fourth-order valence-electron chi connectivity index (χ4n) is 5.49. The van der Waals surface area contributed by atoms with Gasteiger partial charge in [-0.15, -0.1) is 0 Å². The van der Waals surface area contributed by atoms with Crippen LogP contribution in [0.4, 0.5) is 5.82 Å². The number of piperidine rings is 1. The molecule has 1 amide bonds. The summed E-state index contributed by atoms with van der Waals surface area (Å²) < 4.78 is 3.61. The average molecular weight is 459 g/mol. The lowest BCUT2D eigenvalue weighted by molar-refractivity contribution is 0.0607. The molecule has 34 heavy (non-hydrogen) atoms. The molecule has 9 heteroatoms. The summed E-state index contributed by atoms with van der Waals surface area (Å²) in [6.07, 6.45) is 9.09. The van der Waals surface area contributed by atoms with Crippen LogP contribution in [0, 0.1) is 20.8 Å². The molecule has 0 radical (unpaired) electrons. The molecule has 0 N–H and O–H groups in total. The Morgan fingerprint density at radius 1 is 1.00 bits per heavy atom. The largest absolute Gasteiger partial charge is 0.356 e. The number of hydrogen-bond donors (Lipinski definition) is 0. The molecule has 4 aromatic rings. The smallest absolute Gasteiger partial charge is 0.259 e. The lowest BCUT2D eigenvalue weighted by Gasteiger charge is -2.34. The van der Waals surface area contributed by atoms with Crippen molar-refractivity contribution in [2.24, 2.45) is 0 Å². The summed E-state index contributed by atoms with van der Waals surface area (Å²) in [5, 5.41) is 9.31. The highest BCUT2D eigenvalue weighted by molar-refractivity contribution is 6.00. The highest BCUT2D eigenvalue weighted by Gasteiger charge is 2.32. The number of rotatable bonds is 3. The number of aryl methyl sites for hydroxylation is 3. The summed E-state index contributed by atoms with van der Waals surface area (Å²) in [7, 11) is 0. The van der Waals surface area contributed by atoms with Crippen LogP contribution in [0.15, 0.2) is 24.5 Å². The van der Waals surface area contributed by atoms with E-state index in [1.165, 1.54) is 12.8 Å². The first-order chi connectivity index (χ1) is 16.5. The maximum atomic E-state index is 13.8. The number of hydrogen-bond acceptors (Lipinski definition) is 6. The zero-order valence-electron chi connectivity index (χ0n) is 20.0. The monoisotopic (exact) mass is 458 g/mol. The summed E-state index contributed by atoms with van der Waals surface area (Å²) in [5.41, 5.74) is 5.88. The van der Waals surface area contributed by atoms with Crippen molar-refractivity contribution >= 4 is 23.0 Å². The van der Waals surface area contributed by atoms with E-state index >= 15 is 0 Å². The van der Waals surface area contributed by atoms with Gasteiger partial charge in [0.25, 0.3) is 5.91 Å². The predicted octanol–water partition coefficient (Wildman–Crippen LogP) is 3.66. The SMILES string of the molecule is Cc1cc(C)n2ncc(C(=O)N3CCCCC3c3cc4nc(N5CCCC5)c(C)cn4n3)c2n1. The molecule has 9 nitrogen and oxygen atoms in total. The Labute approximate surface area is 198 Å². The third-order valence-corrected chi connectivity index (χ3v) is 7.14. The average Bonchev–Trinajstić information content (AvgIpc) is 3.57. The highest BCUT2D eigenvalue weighted by Crippen LogP contribution is 2.33. The Morgan fingerprint density at radius 2 is 1.79 bits per heavy atom. The second kappa shape index (κ2) is 8.07. The van der Waals surface area contributed by atoms with Gasteiger partial charge in [0, 0.05) is 48.8 Å². The molecular formula is C25H30N8O. The number of carbonyl (C=O) groups excluding carboxylic acids is 1. The van der Waals surface area contributed by atoms with E-state index in [0.717, 1.165) is 66.5 Å². The van der Waals surface area contributed by atoms with Gasteiger partial charge in [-0.1, -0.05) is 0 Å². The molecule has 2 fully saturated rings. The Bertz CT molecular complexity index is 1400. The molecule has 0 spiro atoms. The molecular weight excluding hydrogens is 428 g/mol. The fraction of sp³-hybridized carbons (Fsp3) is 0.480. The van der Waals surface area contributed by atoms with Crippen molar-refractivity contribution in [3.05, 3.63) is 52.7 Å². The van der Waals surface area contributed by atoms with E-state index in [9.17, 15) is 4.79 Å². The molecule has 1 unspecified atom stereocenters. The number of aromatic nitrogens is 6. The first kappa shape index (κ1) is 21.1.